The van der Waals surface area contributed by atoms with Gasteiger partial charge in [-0.05, 0) is 30.3 Å². The second-order valence-electron chi connectivity index (χ2n) is 4.07. The van der Waals surface area contributed by atoms with E-state index in [1.165, 1.54) is 6.07 Å². The number of carbonyl (C=O) groups is 1. The molecule has 2 rings (SSSR count). The number of benzene rings is 2. The Kier molecular flexibility index (Phi) is 5.47. The zero-order chi connectivity index (χ0) is 15.2. The number of hydrogen-bond donors (Lipinski definition) is 1. The van der Waals surface area contributed by atoms with E-state index in [2.05, 4.69) is 15.9 Å². The Morgan fingerprint density at radius 2 is 1.76 bits per heavy atom. The highest BCUT2D eigenvalue weighted by Crippen LogP contribution is 2.25. The molecule has 0 atom stereocenters. The van der Waals surface area contributed by atoms with Crippen LogP contribution in [0.1, 0.15) is 10.4 Å². The van der Waals surface area contributed by atoms with Gasteiger partial charge in [-0.25, -0.2) is 4.79 Å². The van der Waals surface area contributed by atoms with Crippen LogP contribution in [0.15, 0.2) is 46.9 Å². The second kappa shape index (κ2) is 7.33. The molecule has 2 aromatic rings. The summed E-state index contributed by atoms with van der Waals surface area (Å²) in [6.07, 6.45) is 0. The van der Waals surface area contributed by atoms with Crippen LogP contribution in [0.3, 0.4) is 0 Å². The summed E-state index contributed by atoms with van der Waals surface area (Å²) in [5.41, 5.74) is 0.107. The van der Waals surface area contributed by atoms with Crippen molar-refractivity contribution in [3.63, 3.8) is 0 Å². The summed E-state index contributed by atoms with van der Waals surface area (Å²) in [6, 6.07) is 11.9. The molecule has 0 aliphatic heterocycles. The molecule has 0 bridgehead atoms. The first-order chi connectivity index (χ1) is 10.1. The monoisotopic (exact) mass is 370 g/mol. The van der Waals surface area contributed by atoms with E-state index in [9.17, 15) is 4.79 Å². The first kappa shape index (κ1) is 15.7. The van der Waals surface area contributed by atoms with E-state index >= 15 is 0 Å². The van der Waals surface area contributed by atoms with Crippen molar-refractivity contribution in [2.24, 2.45) is 0 Å². The van der Waals surface area contributed by atoms with Crippen LogP contribution in [0.2, 0.25) is 5.02 Å². The Morgan fingerprint density at radius 3 is 2.43 bits per heavy atom. The lowest BCUT2D eigenvalue weighted by molar-refractivity contribution is 0.0691. The Hall–Kier alpha value is -1.72. The summed E-state index contributed by atoms with van der Waals surface area (Å²) in [6.45, 7) is 0.470. The zero-order valence-electron chi connectivity index (χ0n) is 10.9. The molecule has 0 aliphatic rings. The first-order valence-corrected chi connectivity index (χ1v) is 7.28. The number of carboxylic acid groups (broad SMARTS) is 1. The molecule has 0 unspecified atom stereocenters. The van der Waals surface area contributed by atoms with Crippen molar-refractivity contribution < 1.29 is 19.4 Å². The Bertz CT molecular complexity index is 645. The van der Waals surface area contributed by atoms with E-state index in [1.807, 2.05) is 12.1 Å². The molecule has 2 aromatic carbocycles. The summed E-state index contributed by atoms with van der Waals surface area (Å²) in [5.74, 6) is -0.181. The fourth-order valence-electron chi connectivity index (χ4n) is 1.66. The quantitative estimate of drug-likeness (QED) is 0.771. The lowest BCUT2D eigenvalue weighted by atomic mass is 10.2. The minimum Gasteiger partial charge on any atom is -0.489 e. The van der Waals surface area contributed by atoms with Gasteiger partial charge in [0.2, 0.25) is 0 Å². The predicted octanol–water partition coefficient (Wildman–Crippen LogP) is 4.26. The third-order valence-electron chi connectivity index (χ3n) is 2.61. The summed E-state index contributed by atoms with van der Waals surface area (Å²) in [7, 11) is 0. The minimum atomic E-state index is -1.04. The lowest BCUT2D eigenvalue weighted by Crippen LogP contribution is -2.11. The number of para-hydroxylation sites is 1. The van der Waals surface area contributed by atoms with Gasteiger partial charge >= 0.3 is 5.97 Å². The second-order valence-corrected chi connectivity index (χ2v) is 5.40. The maximum Gasteiger partial charge on any atom is 0.339 e. The molecule has 0 saturated heterocycles. The van der Waals surface area contributed by atoms with E-state index in [1.54, 1.807) is 24.3 Å². The molecule has 0 radical (unpaired) electrons. The van der Waals surface area contributed by atoms with E-state index in [4.69, 9.17) is 26.2 Å². The highest BCUT2D eigenvalue weighted by atomic mass is 79.9. The molecular formula is C15H12BrClO4. The predicted molar refractivity (Wildman–Crippen MR) is 83.5 cm³/mol. The number of carboxylic acids is 1. The fourth-order valence-corrected chi connectivity index (χ4v) is 2.19. The van der Waals surface area contributed by atoms with Crippen LogP contribution in [-0.2, 0) is 0 Å². The molecule has 21 heavy (non-hydrogen) atoms. The Labute approximate surface area is 135 Å². The van der Waals surface area contributed by atoms with E-state index in [0.29, 0.717) is 16.5 Å². The number of rotatable bonds is 6. The number of ether oxygens (including phenoxy) is 2. The summed E-state index contributed by atoms with van der Waals surface area (Å²) >= 11 is 9.24. The Morgan fingerprint density at radius 1 is 1.10 bits per heavy atom. The third-order valence-corrected chi connectivity index (χ3v) is 3.41. The van der Waals surface area contributed by atoms with Crippen molar-refractivity contribution in [2.45, 2.75) is 0 Å². The van der Waals surface area contributed by atoms with Crippen LogP contribution >= 0.6 is 27.5 Å². The molecule has 0 saturated carbocycles. The highest BCUT2D eigenvalue weighted by Gasteiger charge is 2.11. The van der Waals surface area contributed by atoms with Crippen molar-refractivity contribution >= 4 is 33.5 Å². The van der Waals surface area contributed by atoms with Gasteiger partial charge in [0, 0.05) is 4.47 Å². The van der Waals surface area contributed by atoms with Gasteiger partial charge in [0.1, 0.15) is 30.3 Å². The van der Waals surface area contributed by atoms with Gasteiger partial charge in [-0.1, -0.05) is 39.7 Å². The van der Waals surface area contributed by atoms with Crippen molar-refractivity contribution in [3.05, 3.63) is 57.5 Å². The maximum absolute atomic E-state index is 11.1. The smallest absolute Gasteiger partial charge is 0.339 e. The molecule has 0 amide bonds. The molecule has 1 N–H and O–H groups in total. The molecule has 110 valence electrons. The van der Waals surface area contributed by atoms with Crippen LogP contribution in [0.5, 0.6) is 11.5 Å². The SMILES string of the molecule is O=C(O)c1ccc(Br)cc1OCCOc1ccccc1Cl. The lowest BCUT2D eigenvalue weighted by Gasteiger charge is -2.11. The average molecular weight is 372 g/mol. The van der Waals surface area contributed by atoms with Crippen molar-refractivity contribution in [3.8, 4) is 11.5 Å². The Balaban J connectivity index is 1.93. The van der Waals surface area contributed by atoms with E-state index in [-0.39, 0.29) is 18.8 Å². The van der Waals surface area contributed by atoms with Crippen LogP contribution in [0.4, 0.5) is 0 Å². The molecule has 0 heterocycles. The van der Waals surface area contributed by atoms with Crippen LogP contribution in [-0.4, -0.2) is 24.3 Å². The van der Waals surface area contributed by atoms with Crippen LogP contribution < -0.4 is 9.47 Å². The molecule has 0 fully saturated rings. The van der Waals surface area contributed by atoms with Gasteiger partial charge in [0.15, 0.2) is 0 Å². The largest absolute Gasteiger partial charge is 0.489 e. The summed E-state index contributed by atoms with van der Waals surface area (Å²) < 4.78 is 11.7. The normalized spacial score (nSPS) is 10.2. The third kappa shape index (κ3) is 4.37. The van der Waals surface area contributed by atoms with E-state index < -0.39 is 5.97 Å². The standard InChI is InChI=1S/C15H12BrClO4/c16-10-5-6-11(15(18)19)14(9-10)21-8-7-20-13-4-2-1-3-12(13)17/h1-6,9H,7-8H2,(H,18,19). The average Bonchev–Trinajstić information content (AvgIpc) is 2.45. The van der Waals surface area contributed by atoms with Gasteiger partial charge < -0.3 is 14.6 Å². The van der Waals surface area contributed by atoms with Gasteiger partial charge in [-0.15, -0.1) is 0 Å². The molecule has 4 nitrogen and oxygen atoms in total. The minimum absolute atomic E-state index is 0.107. The van der Waals surface area contributed by atoms with Gasteiger partial charge in [-0.2, -0.15) is 0 Å². The zero-order valence-corrected chi connectivity index (χ0v) is 13.2. The molecule has 6 heteroatoms. The maximum atomic E-state index is 11.1. The number of hydrogen-bond acceptors (Lipinski definition) is 3. The summed E-state index contributed by atoms with van der Waals surface area (Å²) in [5, 5.41) is 9.60. The van der Waals surface area contributed by atoms with Crippen molar-refractivity contribution in [1.29, 1.82) is 0 Å². The van der Waals surface area contributed by atoms with Crippen LogP contribution in [0, 0.1) is 0 Å². The highest BCUT2D eigenvalue weighted by molar-refractivity contribution is 9.10. The van der Waals surface area contributed by atoms with Crippen LogP contribution in [0.25, 0.3) is 0 Å². The topological polar surface area (TPSA) is 55.8 Å². The first-order valence-electron chi connectivity index (χ1n) is 6.11. The number of aromatic carboxylic acids is 1. The molecule has 0 spiro atoms. The van der Waals surface area contributed by atoms with Crippen molar-refractivity contribution in [1.82, 2.24) is 0 Å². The molecular weight excluding hydrogens is 360 g/mol. The molecule has 0 aliphatic carbocycles. The molecule has 0 aromatic heterocycles. The van der Waals surface area contributed by atoms with Gasteiger partial charge in [-0.3, -0.25) is 0 Å². The fraction of sp³-hybridized carbons (Fsp3) is 0.133. The van der Waals surface area contributed by atoms with Gasteiger partial charge in [0.05, 0.1) is 5.02 Å². The van der Waals surface area contributed by atoms with Crippen molar-refractivity contribution in [2.75, 3.05) is 13.2 Å². The number of halogens is 2. The summed E-state index contributed by atoms with van der Waals surface area (Å²) in [4.78, 5) is 11.1. The van der Waals surface area contributed by atoms with E-state index in [0.717, 1.165) is 4.47 Å². The van der Waals surface area contributed by atoms with Gasteiger partial charge in [0.25, 0.3) is 0 Å².